The Labute approximate surface area is 64.1 Å². The number of fused-ring (bicyclic) bond motifs is 1. The van der Waals surface area contributed by atoms with Gasteiger partial charge in [-0.2, -0.15) is 0 Å². The molecule has 0 spiro atoms. The Morgan fingerprint density at radius 2 is 2.20 bits per heavy atom. The summed E-state index contributed by atoms with van der Waals surface area (Å²) in [7, 11) is 1.98. The Hall–Kier alpha value is -0.830. The van der Waals surface area contributed by atoms with Crippen LogP contribution in [-0.2, 0) is 0 Å². The predicted molar refractivity (Wildman–Crippen MR) is 43.1 cm³/mol. The molecule has 1 aromatic carbocycles. The van der Waals surface area contributed by atoms with Gasteiger partial charge in [-0.1, -0.05) is 12.1 Å². The second-order valence-corrected chi connectivity index (χ2v) is 2.99. The Morgan fingerprint density at radius 1 is 1.40 bits per heavy atom. The lowest BCUT2D eigenvalue weighted by Crippen LogP contribution is -1.99. The van der Waals surface area contributed by atoms with Gasteiger partial charge in [0.1, 0.15) is 0 Å². The van der Waals surface area contributed by atoms with Crippen molar-refractivity contribution in [3.05, 3.63) is 24.3 Å². The first-order valence-corrected chi connectivity index (χ1v) is 3.75. The molecular formula is C7H7NOS. The predicted octanol–water partition coefficient (Wildman–Crippen LogP) is 2.08. The first kappa shape index (κ1) is 5.92. The molecule has 1 aliphatic rings. The molecule has 0 aromatic heterocycles. The Kier molecular flexibility index (Phi) is 1.24. The molecule has 1 aromatic rings. The lowest BCUT2D eigenvalue weighted by atomic mass is 10.3. The largest absolute Gasteiger partial charge is 0.403 e. The molecule has 0 N–H and O–H groups in total. The highest BCUT2D eigenvalue weighted by molar-refractivity contribution is 7.96. The quantitative estimate of drug-likeness (QED) is 0.418. The summed E-state index contributed by atoms with van der Waals surface area (Å²) in [5.74, 6) is 0.954. The van der Waals surface area contributed by atoms with E-state index >= 15 is 0 Å². The second-order valence-electron chi connectivity index (χ2n) is 2.12. The van der Waals surface area contributed by atoms with E-state index in [1.165, 1.54) is 12.2 Å². The maximum absolute atomic E-state index is 5.25. The van der Waals surface area contributed by atoms with Gasteiger partial charge >= 0.3 is 0 Å². The van der Waals surface area contributed by atoms with Gasteiger partial charge in [-0.05, 0) is 12.1 Å². The van der Waals surface area contributed by atoms with Gasteiger partial charge in [-0.25, -0.2) is 0 Å². The van der Waals surface area contributed by atoms with E-state index in [2.05, 4.69) is 0 Å². The maximum atomic E-state index is 5.25. The highest BCUT2D eigenvalue weighted by Gasteiger charge is 2.16. The number of hydrogen-bond donors (Lipinski definition) is 0. The van der Waals surface area contributed by atoms with Crippen LogP contribution in [0.4, 0.5) is 5.69 Å². The Balaban J connectivity index is 2.51. The molecule has 0 atom stereocenters. The normalized spacial score (nSPS) is 14.7. The van der Waals surface area contributed by atoms with E-state index in [9.17, 15) is 0 Å². The van der Waals surface area contributed by atoms with Crippen LogP contribution in [0.3, 0.4) is 0 Å². The summed E-state index contributed by atoms with van der Waals surface area (Å²) in [5.41, 5.74) is 1.15. The van der Waals surface area contributed by atoms with Crippen molar-refractivity contribution in [2.24, 2.45) is 0 Å². The van der Waals surface area contributed by atoms with Crippen LogP contribution in [0.1, 0.15) is 0 Å². The summed E-state index contributed by atoms with van der Waals surface area (Å²) in [4.78, 5) is 0. The second kappa shape index (κ2) is 2.09. The molecule has 3 heteroatoms. The van der Waals surface area contributed by atoms with Crippen LogP contribution in [-0.4, -0.2) is 7.05 Å². The van der Waals surface area contributed by atoms with Crippen molar-refractivity contribution in [3.63, 3.8) is 0 Å². The van der Waals surface area contributed by atoms with Gasteiger partial charge in [0.05, 0.1) is 5.69 Å². The van der Waals surface area contributed by atoms with Crippen LogP contribution in [0.5, 0.6) is 5.75 Å². The fourth-order valence-corrected chi connectivity index (χ4v) is 1.49. The molecular weight excluding hydrogens is 146 g/mol. The van der Waals surface area contributed by atoms with Gasteiger partial charge < -0.3 is 4.18 Å². The summed E-state index contributed by atoms with van der Waals surface area (Å²) < 4.78 is 7.25. The van der Waals surface area contributed by atoms with Gasteiger partial charge in [-0.15, -0.1) is 0 Å². The molecule has 10 heavy (non-hydrogen) atoms. The molecule has 0 aliphatic carbocycles. The zero-order chi connectivity index (χ0) is 6.97. The van der Waals surface area contributed by atoms with Crippen LogP contribution < -0.4 is 8.49 Å². The van der Waals surface area contributed by atoms with E-state index in [0.717, 1.165) is 11.4 Å². The molecule has 0 saturated heterocycles. The van der Waals surface area contributed by atoms with Gasteiger partial charge in [0.2, 0.25) is 0 Å². The number of rotatable bonds is 0. The van der Waals surface area contributed by atoms with Crippen molar-refractivity contribution < 1.29 is 4.18 Å². The molecule has 0 radical (unpaired) electrons. The van der Waals surface area contributed by atoms with Gasteiger partial charge in [0, 0.05) is 7.05 Å². The zero-order valence-electron chi connectivity index (χ0n) is 5.57. The number of nitrogens with zero attached hydrogens (tertiary/aromatic N) is 1. The first-order valence-electron chi connectivity index (χ1n) is 3.05. The Bertz CT molecular complexity index is 251. The highest BCUT2D eigenvalue weighted by atomic mass is 32.2. The molecule has 2 nitrogen and oxygen atoms in total. The van der Waals surface area contributed by atoms with E-state index in [4.69, 9.17) is 4.18 Å². The molecule has 0 saturated carbocycles. The minimum atomic E-state index is 0.954. The summed E-state index contributed by atoms with van der Waals surface area (Å²) in [6.45, 7) is 0. The summed E-state index contributed by atoms with van der Waals surface area (Å²) in [6.07, 6.45) is 0. The van der Waals surface area contributed by atoms with Crippen LogP contribution in [0, 0.1) is 0 Å². The third-order valence-electron chi connectivity index (χ3n) is 1.44. The molecule has 0 unspecified atom stereocenters. The SMILES string of the molecule is CN1SOc2ccccc21. The molecule has 0 amide bonds. The first-order chi connectivity index (χ1) is 4.88. The van der Waals surface area contributed by atoms with E-state index < -0.39 is 0 Å². The third-order valence-corrected chi connectivity index (χ3v) is 2.12. The topological polar surface area (TPSA) is 12.5 Å². The van der Waals surface area contributed by atoms with Crippen molar-refractivity contribution >= 4 is 17.9 Å². The van der Waals surface area contributed by atoms with Gasteiger partial charge in [0.25, 0.3) is 0 Å². The average Bonchev–Trinajstić information content (AvgIpc) is 2.34. The minimum absolute atomic E-state index is 0.954. The van der Waals surface area contributed by atoms with Gasteiger partial charge in [0.15, 0.2) is 18.0 Å². The van der Waals surface area contributed by atoms with Crippen molar-refractivity contribution in [2.75, 3.05) is 11.4 Å². The van der Waals surface area contributed by atoms with E-state index in [1.54, 1.807) is 0 Å². The molecule has 2 rings (SSSR count). The van der Waals surface area contributed by atoms with Crippen molar-refractivity contribution in [1.82, 2.24) is 0 Å². The van der Waals surface area contributed by atoms with Crippen molar-refractivity contribution in [2.45, 2.75) is 0 Å². The van der Waals surface area contributed by atoms with E-state index in [1.807, 2.05) is 35.6 Å². The van der Waals surface area contributed by atoms with Gasteiger partial charge in [-0.3, -0.25) is 4.31 Å². The van der Waals surface area contributed by atoms with Crippen LogP contribution in [0.15, 0.2) is 24.3 Å². The highest BCUT2D eigenvalue weighted by Crippen LogP contribution is 2.39. The number of para-hydroxylation sites is 2. The fraction of sp³-hybridized carbons (Fsp3) is 0.143. The summed E-state index contributed by atoms with van der Waals surface area (Å²) in [6, 6.07) is 7.98. The monoisotopic (exact) mass is 153 g/mol. The molecule has 0 bridgehead atoms. The van der Waals surface area contributed by atoms with Crippen LogP contribution in [0.2, 0.25) is 0 Å². The molecule has 1 aliphatic heterocycles. The fourth-order valence-electron chi connectivity index (χ4n) is 0.924. The molecule has 0 fully saturated rings. The third kappa shape index (κ3) is 0.743. The van der Waals surface area contributed by atoms with Crippen molar-refractivity contribution in [3.8, 4) is 5.75 Å². The van der Waals surface area contributed by atoms with Crippen LogP contribution >= 0.6 is 12.2 Å². The van der Waals surface area contributed by atoms with Crippen molar-refractivity contribution in [1.29, 1.82) is 0 Å². The smallest absolute Gasteiger partial charge is 0.179 e. The molecule has 52 valence electrons. The van der Waals surface area contributed by atoms with Crippen LogP contribution in [0.25, 0.3) is 0 Å². The van der Waals surface area contributed by atoms with E-state index in [0.29, 0.717) is 0 Å². The standard InChI is InChI=1S/C7H7NOS/c1-8-6-4-2-3-5-7(6)9-10-8/h2-5H,1H3. The molecule has 1 heterocycles. The maximum Gasteiger partial charge on any atom is 0.179 e. The lowest BCUT2D eigenvalue weighted by Gasteiger charge is -2.02. The zero-order valence-corrected chi connectivity index (χ0v) is 6.39. The average molecular weight is 153 g/mol. The number of anilines is 1. The summed E-state index contributed by atoms with van der Waals surface area (Å²) >= 11 is 1.36. The number of benzene rings is 1. The number of hydrogen-bond acceptors (Lipinski definition) is 3. The Morgan fingerprint density at radius 3 is 3.00 bits per heavy atom. The van der Waals surface area contributed by atoms with E-state index in [-0.39, 0.29) is 0 Å². The lowest BCUT2D eigenvalue weighted by molar-refractivity contribution is 0.665. The minimum Gasteiger partial charge on any atom is -0.403 e. The summed E-state index contributed by atoms with van der Waals surface area (Å²) in [5, 5.41) is 0.